The fourth-order valence-corrected chi connectivity index (χ4v) is 2.59. The maximum atomic E-state index is 9.27. The van der Waals surface area contributed by atoms with Gasteiger partial charge in [0.05, 0.1) is 18.2 Å². The summed E-state index contributed by atoms with van der Waals surface area (Å²) in [5, 5.41) is 13.6. The van der Waals surface area contributed by atoms with Crippen molar-refractivity contribution in [3.8, 4) is 11.8 Å². The number of nitriles is 1. The number of benzene rings is 1. The Labute approximate surface area is 130 Å². The predicted octanol–water partition coefficient (Wildman–Crippen LogP) is 3.20. The Hall–Kier alpha value is -2.61. The van der Waals surface area contributed by atoms with E-state index in [9.17, 15) is 5.26 Å². The Bertz CT molecular complexity index is 700. The Morgan fingerprint density at radius 2 is 1.91 bits per heavy atom. The zero-order chi connectivity index (χ0) is 15.4. The van der Waals surface area contributed by atoms with E-state index in [0.717, 1.165) is 18.8 Å². The molecule has 5 heteroatoms. The van der Waals surface area contributed by atoms with E-state index >= 15 is 0 Å². The molecule has 0 atom stereocenters. The van der Waals surface area contributed by atoms with Crippen LogP contribution in [0.25, 0.3) is 5.69 Å². The molecule has 0 saturated carbocycles. The number of rotatable bonds is 3. The van der Waals surface area contributed by atoms with Crippen LogP contribution in [0.3, 0.4) is 0 Å². The molecule has 1 saturated heterocycles. The lowest BCUT2D eigenvalue weighted by Crippen LogP contribution is -2.28. The summed E-state index contributed by atoms with van der Waals surface area (Å²) in [5.74, 6) is 0.594. The SMILES string of the molecule is Cc1ccc(-n2ncc(C#N)c2N=CN2CCCCC2)cc1. The quantitative estimate of drug-likeness (QED) is 0.645. The first kappa shape index (κ1) is 14.3. The summed E-state index contributed by atoms with van der Waals surface area (Å²) >= 11 is 0. The van der Waals surface area contributed by atoms with E-state index in [-0.39, 0.29) is 0 Å². The van der Waals surface area contributed by atoms with Crippen LogP contribution in [0.5, 0.6) is 0 Å². The summed E-state index contributed by atoms with van der Waals surface area (Å²) in [5.41, 5.74) is 2.60. The molecule has 3 rings (SSSR count). The van der Waals surface area contributed by atoms with E-state index in [2.05, 4.69) is 21.1 Å². The van der Waals surface area contributed by atoms with Crippen molar-refractivity contribution >= 4 is 12.2 Å². The van der Waals surface area contributed by atoms with Crippen molar-refractivity contribution in [2.45, 2.75) is 26.2 Å². The van der Waals surface area contributed by atoms with Crippen LogP contribution in [-0.4, -0.2) is 34.1 Å². The molecule has 0 bridgehead atoms. The van der Waals surface area contributed by atoms with Crippen molar-refractivity contribution < 1.29 is 0 Å². The summed E-state index contributed by atoms with van der Waals surface area (Å²) in [6, 6.07) is 10.2. The average molecular weight is 293 g/mol. The van der Waals surface area contributed by atoms with Crippen molar-refractivity contribution in [1.82, 2.24) is 14.7 Å². The third-order valence-corrected chi connectivity index (χ3v) is 3.88. The van der Waals surface area contributed by atoms with Gasteiger partial charge in [0, 0.05) is 13.1 Å². The van der Waals surface area contributed by atoms with Crippen LogP contribution < -0.4 is 0 Å². The topological polar surface area (TPSA) is 57.2 Å². The van der Waals surface area contributed by atoms with Crippen LogP contribution in [0.2, 0.25) is 0 Å². The van der Waals surface area contributed by atoms with Crippen molar-refractivity contribution in [3.63, 3.8) is 0 Å². The largest absolute Gasteiger partial charge is 0.363 e. The molecule has 1 aliphatic heterocycles. The van der Waals surface area contributed by atoms with E-state index in [4.69, 9.17) is 0 Å². The lowest BCUT2D eigenvalue weighted by atomic mass is 10.1. The standard InChI is InChI=1S/C17H19N5/c1-14-5-7-16(8-6-14)22-17(15(11-18)12-20-22)19-13-21-9-3-2-4-10-21/h5-8,12-13H,2-4,9-10H2,1H3. The molecule has 1 aromatic carbocycles. The van der Waals surface area contributed by atoms with E-state index in [0.29, 0.717) is 11.4 Å². The monoisotopic (exact) mass is 293 g/mol. The molecule has 0 N–H and O–H groups in total. The van der Waals surface area contributed by atoms with Gasteiger partial charge in [0.25, 0.3) is 0 Å². The molecular formula is C17H19N5. The smallest absolute Gasteiger partial charge is 0.175 e. The van der Waals surface area contributed by atoms with E-state index in [1.807, 2.05) is 37.5 Å². The molecule has 112 valence electrons. The summed E-state index contributed by atoms with van der Waals surface area (Å²) in [6.07, 6.45) is 7.11. The van der Waals surface area contributed by atoms with Gasteiger partial charge in [-0.3, -0.25) is 0 Å². The maximum Gasteiger partial charge on any atom is 0.175 e. The molecule has 0 aliphatic carbocycles. The van der Waals surface area contributed by atoms with Crippen LogP contribution in [0.4, 0.5) is 5.82 Å². The van der Waals surface area contributed by atoms with Gasteiger partial charge in [0.15, 0.2) is 5.82 Å². The third kappa shape index (κ3) is 3.01. The number of hydrogen-bond donors (Lipinski definition) is 0. The van der Waals surface area contributed by atoms with Gasteiger partial charge in [-0.05, 0) is 38.3 Å². The minimum absolute atomic E-state index is 0.494. The lowest BCUT2D eigenvalue weighted by Gasteiger charge is -2.23. The fourth-order valence-electron chi connectivity index (χ4n) is 2.59. The lowest BCUT2D eigenvalue weighted by molar-refractivity contribution is 0.351. The number of piperidine rings is 1. The number of nitrogens with zero attached hydrogens (tertiary/aromatic N) is 5. The molecule has 0 spiro atoms. The number of aryl methyl sites for hydroxylation is 1. The Kier molecular flexibility index (Phi) is 4.19. The van der Waals surface area contributed by atoms with Crippen molar-refractivity contribution in [1.29, 1.82) is 5.26 Å². The fraction of sp³-hybridized carbons (Fsp3) is 0.353. The maximum absolute atomic E-state index is 9.27. The van der Waals surface area contributed by atoms with Gasteiger partial charge in [-0.2, -0.15) is 10.4 Å². The Morgan fingerprint density at radius 1 is 1.18 bits per heavy atom. The minimum atomic E-state index is 0.494. The summed E-state index contributed by atoms with van der Waals surface area (Å²) in [6.45, 7) is 4.11. The van der Waals surface area contributed by atoms with E-state index in [1.165, 1.54) is 24.8 Å². The number of aromatic nitrogens is 2. The number of likely N-dealkylation sites (tertiary alicyclic amines) is 1. The second kappa shape index (κ2) is 6.44. The van der Waals surface area contributed by atoms with Gasteiger partial charge in [-0.25, -0.2) is 9.67 Å². The van der Waals surface area contributed by atoms with Gasteiger partial charge < -0.3 is 4.90 Å². The molecule has 0 radical (unpaired) electrons. The minimum Gasteiger partial charge on any atom is -0.363 e. The highest BCUT2D eigenvalue weighted by Crippen LogP contribution is 2.23. The van der Waals surface area contributed by atoms with Crippen molar-refractivity contribution in [2.24, 2.45) is 4.99 Å². The second-order valence-corrected chi connectivity index (χ2v) is 5.58. The molecule has 1 fully saturated rings. The molecular weight excluding hydrogens is 274 g/mol. The van der Waals surface area contributed by atoms with Gasteiger partial charge in [-0.1, -0.05) is 17.7 Å². The average Bonchev–Trinajstić information content (AvgIpc) is 2.97. The van der Waals surface area contributed by atoms with Crippen LogP contribution in [0.15, 0.2) is 35.5 Å². The molecule has 1 aromatic heterocycles. The first-order valence-electron chi connectivity index (χ1n) is 7.61. The Morgan fingerprint density at radius 3 is 2.59 bits per heavy atom. The number of aliphatic imine (C=N–C) groups is 1. The van der Waals surface area contributed by atoms with Gasteiger partial charge in [-0.15, -0.1) is 0 Å². The first-order chi connectivity index (χ1) is 10.8. The predicted molar refractivity (Wildman–Crippen MR) is 86.6 cm³/mol. The van der Waals surface area contributed by atoms with Crippen LogP contribution in [0, 0.1) is 18.3 Å². The molecule has 2 heterocycles. The Balaban J connectivity index is 1.92. The second-order valence-electron chi connectivity index (χ2n) is 5.58. The highest BCUT2D eigenvalue weighted by molar-refractivity contribution is 5.64. The third-order valence-electron chi connectivity index (χ3n) is 3.88. The van der Waals surface area contributed by atoms with E-state index < -0.39 is 0 Å². The van der Waals surface area contributed by atoms with Crippen LogP contribution >= 0.6 is 0 Å². The molecule has 0 amide bonds. The first-order valence-corrected chi connectivity index (χ1v) is 7.61. The molecule has 22 heavy (non-hydrogen) atoms. The summed E-state index contributed by atoms with van der Waals surface area (Å²) < 4.78 is 1.72. The molecule has 0 unspecified atom stereocenters. The van der Waals surface area contributed by atoms with Crippen LogP contribution in [-0.2, 0) is 0 Å². The van der Waals surface area contributed by atoms with Crippen molar-refractivity contribution in [3.05, 3.63) is 41.6 Å². The normalized spacial score (nSPS) is 15.2. The van der Waals surface area contributed by atoms with Gasteiger partial charge in [0.2, 0.25) is 0 Å². The zero-order valence-electron chi connectivity index (χ0n) is 12.7. The van der Waals surface area contributed by atoms with Gasteiger partial charge in [0.1, 0.15) is 11.6 Å². The summed E-state index contributed by atoms with van der Waals surface area (Å²) in [7, 11) is 0. The highest BCUT2D eigenvalue weighted by Gasteiger charge is 2.12. The van der Waals surface area contributed by atoms with E-state index in [1.54, 1.807) is 10.9 Å². The molecule has 5 nitrogen and oxygen atoms in total. The van der Waals surface area contributed by atoms with Crippen molar-refractivity contribution in [2.75, 3.05) is 13.1 Å². The van der Waals surface area contributed by atoms with Crippen LogP contribution in [0.1, 0.15) is 30.4 Å². The summed E-state index contributed by atoms with van der Waals surface area (Å²) in [4.78, 5) is 6.74. The zero-order valence-corrected chi connectivity index (χ0v) is 12.7. The molecule has 2 aromatic rings. The molecule has 1 aliphatic rings. The van der Waals surface area contributed by atoms with Gasteiger partial charge >= 0.3 is 0 Å². The number of hydrogen-bond acceptors (Lipinski definition) is 3. The highest BCUT2D eigenvalue weighted by atomic mass is 15.3.